The van der Waals surface area contributed by atoms with Gasteiger partial charge in [-0.2, -0.15) is 13.2 Å². The monoisotopic (exact) mass is 506 g/mol. The second kappa shape index (κ2) is 7.10. The van der Waals surface area contributed by atoms with Gasteiger partial charge in [-0.3, -0.25) is 14.2 Å². The highest BCUT2D eigenvalue weighted by Gasteiger charge is 2.35. The number of hydrogen-bond acceptors (Lipinski definition) is 4. The van der Waals surface area contributed by atoms with Crippen molar-refractivity contribution in [2.24, 2.45) is 0 Å². The molecule has 2 unspecified atom stereocenters. The molecule has 2 aromatic heterocycles. The number of nitrogens with zero attached hydrogens (tertiary/aromatic N) is 2. The average Bonchev–Trinajstić information content (AvgIpc) is 2.47. The van der Waals surface area contributed by atoms with E-state index in [2.05, 4.69) is 0 Å². The van der Waals surface area contributed by atoms with Crippen LogP contribution in [0.2, 0.25) is 0 Å². The summed E-state index contributed by atoms with van der Waals surface area (Å²) in [6.45, 7) is 4.87. The average molecular weight is 506 g/mol. The molecule has 0 aliphatic carbocycles. The fraction of sp³-hybridized carbons (Fsp3) is 0.429. The minimum Gasteiger partial charge on any atom is -0.324 e. The van der Waals surface area contributed by atoms with Gasteiger partial charge in [-0.15, -0.1) is 0 Å². The third-order valence-electron chi connectivity index (χ3n) is 3.54. The minimum atomic E-state index is -4.47. The molecular formula is C14H15F3IN2O5P. The van der Waals surface area contributed by atoms with Crippen LogP contribution in [0.25, 0.3) is 11.0 Å². The fourth-order valence-corrected chi connectivity index (χ4v) is 3.80. The summed E-state index contributed by atoms with van der Waals surface area (Å²) in [5.74, 6) is 0. The molecule has 0 saturated heterocycles. The summed E-state index contributed by atoms with van der Waals surface area (Å²) >= 11 is 1.55. The largest absolute Gasteiger partial charge is 0.417 e. The van der Waals surface area contributed by atoms with Crippen molar-refractivity contribution in [1.29, 1.82) is 0 Å². The van der Waals surface area contributed by atoms with Gasteiger partial charge in [0.05, 0.1) is 22.7 Å². The van der Waals surface area contributed by atoms with Crippen molar-refractivity contribution in [3.8, 4) is 0 Å². The van der Waals surface area contributed by atoms with E-state index in [1.165, 1.54) is 12.7 Å². The highest BCUT2D eigenvalue weighted by molar-refractivity contribution is 14.1. The fourth-order valence-electron chi connectivity index (χ4n) is 2.22. The van der Waals surface area contributed by atoms with Crippen LogP contribution < -0.4 is 11.1 Å². The molecule has 3 aromatic rings. The first-order valence-corrected chi connectivity index (χ1v) is 10.5. The van der Waals surface area contributed by atoms with Crippen LogP contribution in [0.3, 0.4) is 0 Å². The van der Waals surface area contributed by atoms with Crippen LogP contribution in [0.4, 0.5) is 13.2 Å². The van der Waals surface area contributed by atoms with Gasteiger partial charge < -0.3 is 9.42 Å². The van der Waals surface area contributed by atoms with E-state index in [4.69, 9.17) is 9.42 Å². The predicted molar refractivity (Wildman–Crippen MR) is 97.6 cm³/mol. The number of hydrogen-bond donors (Lipinski definition) is 1. The van der Waals surface area contributed by atoms with Gasteiger partial charge in [-0.25, -0.2) is 9.03 Å². The van der Waals surface area contributed by atoms with Crippen molar-refractivity contribution in [3.63, 3.8) is 0 Å². The molecule has 1 aromatic carbocycles. The van der Waals surface area contributed by atoms with Gasteiger partial charge in [-0.05, 0) is 48.1 Å². The normalized spacial score (nSPS) is 15.8. The summed E-state index contributed by atoms with van der Waals surface area (Å²) in [7, 11) is -3.24. The second-order valence-corrected chi connectivity index (χ2v) is 8.66. The Bertz CT molecular complexity index is 1070. The number of aromatic nitrogens is 2. The smallest absolute Gasteiger partial charge is 0.324 e. The van der Waals surface area contributed by atoms with Gasteiger partial charge in [0.25, 0.3) is 0 Å². The van der Waals surface area contributed by atoms with E-state index in [9.17, 15) is 27.3 Å². The first kappa shape index (κ1) is 21.1. The topological polar surface area (TPSA) is 89.5 Å². The predicted octanol–water partition coefficient (Wildman–Crippen LogP) is 3.03. The molecule has 1 N–H and O–H groups in total. The van der Waals surface area contributed by atoms with Crippen LogP contribution in [0, 0.1) is 3.57 Å². The highest BCUT2D eigenvalue weighted by atomic mass is 127. The van der Waals surface area contributed by atoms with E-state index < -0.39 is 30.5 Å². The molecule has 0 aliphatic rings. The van der Waals surface area contributed by atoms with Crippen molar-refractivity contribution in [2.45, 2.75) is 32.5 Å². The van der Waals surface area contributed by atoms with Crippen molar-refractivity contribution >= 4 is 41.2 Å². The maximum atomic E-state index is 12.6. The highest BCUT2D eigenvalue weighted by Crippen LogP contribution is 2.38. The first-order chi connectivity index (χ1) is 11.8. The molecule has 0 spiro atoms. The van der Waals surface area contributed by atoms with E-state index in [-0.39, 0.29) is 15.2 Å². The lowest BCUT2D eigenvalue weighted by molar-refractivity contribution is -0.138. The lowest BCUT2D eigenvalue weighted by atomic mass is 10.1. The number of alkyl halides is 3. The molecule has 7 nitrogen and oxygen atoms in total. The molecule has 0 amide bonds. The van der Waals surface area contributed by atoms with Gasteiger partial charge in [0, 0.05) is 10.2 Å². The maximum absolute atomic E-state index is 12.6. The lowest BCUT2D eigenvalue weighted by Gasteiger charge is -2.19. The van der Waals surface area contributed by atoms with Crippen molar-refractivity contribution in [3.05, 3.63) is 42.0 Å². The van der Waals surface area contributed by atoms with Crippen LogP contribution in [0.15, 0.2) is 21.7 Å². The Morgan fingerprint density at radius 1 is 1.23 bits per heavy atom. The molecular weight excluding hydrogens is 491 g/mol. The zero-order valence-electron chi connectivity index (χ0n) is 13.9. The Balaban J connectivity index is 0.000000232. The van der Waals surface area contributed by atoms with E-state index >= 15 is 0 Å². The Hall–Kier alpha value is -1.17. The van der Waals surface area contributed by atoms with E-state index in [1.54, 1.807) is 29.5 Å². The van der Waals surface area contributed by atoms with Gasteiger partial charge in [0.2, 0.25) is 0 Å². The summed E-state index contributed by atoms with van der Waals surface area (Å²) in [6, 6.07) is 2.14. The zero-order valence-corrected chi connectivity index (χ0v) is 16.9. The SMILES string of the molecule is CCC(C)OP(C)(=O)O.O=c1c(=O)n2c3cc(C(F)(F)F)c(I)cc3n12. The Labute approximate surface area is 158 Å². The van der Waals surface area contributed by atoms with Gasteiger partial charge in [0.1, 0.15) is 0 Å². The lowest BCUT2D eigenvalue weighted by Crippen LogP contribution is -2.51. The number of halogens is 4. The van der Waals surface area contributed by atoms with Crippen molar-refractivity contribution in [2.75, 3.05) is 6.66 Å². The Morgan fingerprint density at radius 3 is 2.04 bits per heavy atom. The van der Waals surface area contributed by atoms with E-state index in [0.29, 0.717) is 5.52 Å². The molecule has 2 atom stereocenters. The molecule has 3 rings (SSSR count). The van der Waals surface area contributed by atoms with Gasteiger partial charge >= 0.3 is 24.9 Å². The van der Waals surface area contributed by atoms with E-state index in [1.807, 2.05) is 6.92 Å². The molecule has 0 aliphatic heterocycles. The molecule has 0 fully saturated rings. The summed E-state index contributed by atoms with van der Waals surface area (Å²) in [6.07, 6.45) is -3.83. The standard InChI is InChI=1S/C9H2F3IN2O2.C5H13O3P/c10-9(11,12)3-1-5-6(2-4(3)13)15-8(17)7(16)14(5)15;1-4-5(2)8-9(3,6)7/h1-2H;5H,4H2,1-3H3,(H,6,7). The molecule has 0 bridgehead atoms. The van der Waals surface area contributed by atoms with Crippen LogP contribution >= 0.6 is 30.2 Å². The van der Waals surface area contributed by atoms with Crippen LogP contribution in [0.5, 0.6) is 0 Å². The molecule has 144 valence electrons. The summed E-state index contributed by atoms with van der Waals surface area (Å²) in [4.78, 5) is 30.8. The Kier molecular flexibility index (Phi) is 5.77. The molecule has 12 heteroatoms. The first-order valence-electron chi connectivity index (χ1n) is 7.35. The van der Waals surface area contributed by atoms with Gasteiger partial charge in [0.15, 0.2) is 0 Å². The van der Waals surface area contributed by atoms with E-state index in [0.717, 1.165) is 21.5 Å². The molecule has 2 heterocycles. The molecule has 26 heavy (non-hydrogen) atoms. The van der Waals surface area contributed by atoms with Crippen LogP contribution in [-0.2, 0) is 15.3 Å². The van der Waals surface area contributed by atoms with Crippen LogP contribution in [-0.4, -0.2) is 26.7 Å². The third kappa shape index (κ3) is 4.05. The number of fused-ring (bicyclic) bond motifs is 4. The number of rotatable bonds is 3. The number of benzene rings is 1. The van der Waals surface area contributed by atoms with Crippen LogP contribution in [0.1, 0.15) is 25.8 Å². The zero-order chi connectivity index (χ0) is 20.0. The quantitative estimate of drug-likeness (QED) is 0.335. The summed E-state index contributed by atoms with van der Waals surface area (Å²) in [5.41, 5.74) is -1.85. The maximum Gasteiger partial charge on any atom is 0.417 e. The second-order valence-electron chi connectivity index (χ2n) is 5.68. The molecule has 0 radical (unpaired) electrons. The van der Waals surface area contributed by atoms with Crippen molar-refractivity contribution in [1.82, 2.24) is 9.03 Å². The Morgan fingerprint density at radius 2 is 1.69 bits per heavy atom. The minimum absolute atomic E-state index is 0.000601. The van der Waals surface area contributed by atoms with Gasteiger partial charge in [-0.1, -0.05) is 6.92 Å². The summed E-state index contributed by atoms with van der Waals surface area (Å²) < 4.78 is 55.0. The van der Waals surface area contributed by atoms with Crippen molar-refractivity contribution < 1.29 is 27.2 Å². The summed E-state index contributed by atoms with van der Waals surface area (Å²) in [5, 5.41) is 0. The molecule has 0 saturated carbocycles. The third-order valence-corrected chi connectivity index (χ3v) is 5.19.